The van der Waals surface area contributed by atoms with Crippen molar-refractivity contribution in [3.8, 4) is 0 Å². The number of aliphatic hydroxyl groups excluding tert-OH is 1. The third-order valence-corrected chi connectivity index (χ3v) is 4.57. The van der Waals surface area contributed by atoms with Crippen molar-refractivity contribution in [1.82, 2.24) is 15.1 Å². The zero-order chi connectivity index (χ0) is 15.2. The van der Waals surface area contributed by atoms with Gasteiger partial charge in [-0.05, 0) is 38.5 Å². The molecule has 0 aliphatic carbocycles. The predicted molar refractivity (Wildman–Crippen MR) is 84.2 cm³/mol. The number of likely N-dealkylation sites (tertiary alicyclic amines) is 2. The molecule has 2 saturated heterocycles. The summed E-state index contributed by atoms with van der Waals surface area (Å²) in [7, 11) is 0. The fraction of sp³-hybridized carbons (Fsp3) is 0.812. The van der Waals surface area contributed by atoms with E-state index >= 15 is 0 Å². The Kier molecular flexibility index (Phi) is 6.06. The molecule has 0 aromatic carbocycles. The number of nitrogens with zero attached hydrogens (tertiary/aromatic N) is 2. The first-order valence-corrected chi connectivity index (χ1v) is 8.11. The van der Waals surface area contributed by atoms with Gasteiger partial charge in [-0.15, -0.1) is 0 Å². The molecule has 21 heavy (non-hydrogen) atoms. The van der Waals surface area contributed by atoms with Gasteiger partial charge in [0.25, 0.3) is 0 Å². The van der Waals surface area contributed by atoms with Crippen LogP contribution in [0.5, 0.6) is 0 Å². The molecule has 5 heteroatoms. The van der Waals surface area contributed by atoms with E-state index < -0.39 is 0 Å². The highest BCUT2D eigenvalue weighted by molar-refractivity contribution is 5.74. The zero-order valence-electron chi connectivity index (χ0n) is 13.2. The minimum atomic E-state index is 0.0738. The Morgan fingerprint density at radius 3 is 2.33 bits per heavy atom. The molecule has 0 bridgehead atoms. The van der Waals surface area contributed by atoms with Gasteiger partial charge in [0.2, 0.25) is 0 Å². The Morgan fingerprint density at radius 2 is 1.81 bits per heavy atom. The molecule has 2 amide bonds. The van der Waals surface area contributed by atoms with Gasteiger partial charge < -0.3 is 15.3 Å². The molecule has 2 heterocycles. The first-order chi connectivity index (χ1) is 10.1. The number of carbonyl (C=O) groups excluding carboxylic acids is 1. The smallest absolute Gasteiger partial charge is 0.317 e. The molecule has 2 rings (SSSR count). The van der Waals surface area contributed by atoms with E-state index in [0.717, 1.165) is 58.4 Å². The molecular weight excluding hydrogens is 266 g/mol. The van der Waals surface area contributed by atoms with Crippen LogP contribution in [-0.4, -0.2) is 66.3 Å². The third kappa shape index (κ3) is 5.00. The number of piperidine rings is 2. The fourth-order valence-corrected chi connectivity index (χ4v) is 3.20. The summed E-state index contributed by atoms with van der Waals surface area (Å²) in [6.07, 6.45) is 3.88. The summed E-state index contributed by atoms with van der Waals surface area (Å²) >= 11 is 0. The lowest BCUT2D eigenvalue weighted by Crippen LogP contribution is -2.51. The molecule has 0 aromatic rings. The average Bonchev–Trinajstić information content (AvgIpc) is 2.49. The van der Waals surface area contributed by atoms with Crippen LogP contribution in [0.15, 0.2) is 12.2 Å². The van der Waals surface area contributed by atoms with Gasteiger partial charge in [-0.25, -0.2) is 4.79 Å². The number of hydrogen-bond acceptors (Lipinski definition) is 3. The molecule has 0 unspecified atom stereocenters. The van der Waals surface area contributed by atoms with Gasteiger partial charge in [0, 0.05) is 45.4 Å². The van der Waals surface area contributed by atoms with Crippen molar-refractivity contribution < 1.29 is 9.90 Å². The Labute approximate surface area is 128 Å². The van der Waals surface area contributed by atoms with E-state index in [2.05, 4.69) is 23.7 Å². The molecule has 2 aliphatic rings. The largest absolute Gasteiger partial charge is 0.396 e. The molecule has 2 N–H and O–H groups in total. The van der Waals surface area contributed by atoms with E-state index in [-0.39, 0.29) is 12.6 Å². The lowest BCUT2D eigenvalue weighted by Gasteiger charge is -2.35. The number of urea groups is 1. The Balaban J connectivity index is 1.68. The monoisotopic (exact) mass is 295 g/mol. The number of aliphatic hydroxyl groups is 1. The average molecular weight is 295 g/mol. The van der Waals surface area contributed by atoms with Gasteiger partial charge >= 0.3 is 6.03 Å². The minimum absolute atomic E-state index is 0.0738. The summed E-state index contributed by atoms with van der Waals surface area (Å²) in [5.41, 5.74) is 1.20. The van der Waals surface area contributed by atoms with Crippen LogP contribution in [-0.2, 0) is 0 Å². The lowest BCUT2D eigenvalue weighted by atomic mass is 9.98. The highest BCUT2D eigenvalue weighted by Crippen LogP contribution is 2.17. The number of nitrogens with one attached hydrogen (secondary N) is 1. The van der Waals surface area contributed by atoms with E-state index in [1.807, 2.05) is 4.90 Å². The second-order valence-corrected chi connectivity index (χ2v) is 6.57. The summed E-state index contributed by atoms with van der Waals surface area (Å²) in [6.45, 7) is 10.8. The van der Waals surface area contributed by atoms with Gasteiger partial charge in [-0.1, -0.05) is 12.2 Å². The van der Waals surface area contributed by atoms with Crippen molar-refractivity contribution in [2.45, 2.75) is 38.6 Å². The van der Waals surface area contributed by atoms with E-state index in [1.54, 1.807) is 0 Å². The Bertz CT molecular complexity index is 357. The van der Waals surface area contributed by atoms with Crippen LogP contribution < -0.4 is 5.32 Å². The second-order valence-electron chi connectivity index (χ2n) is 6.57. The zero-order valence-corrected chi connectivity index (χ0v) is 13.2. The summed E-state index contributed by atoms with van der Waals surface area (Å²) in [6, 6.07) is 0.374. The molecule has 0 aromatic heterocycles. The highest BCUT2D eigenvalue weighted by Gasteiger charge is 2.25. The van der Waals surface area contributed by atoms with Crippen LogP contribution in [0.25, 0.3) is 0 Å². The van der Waals surface area contributed by atoms with Gasteiger partial charge in [0.15, 0.2) is 0 Å². The van der Waals surface area contributed by atoms with Gasteiger partial charge in [0.05, 0.1) is 0 Å². The number of amides is 2. The molecule has 120 valence electrons. The van der Waals surface area contributed by atoms with Crippen molar-refractivity contribution in [3.63, 3.8) is 0 Å². The lowest BCUT2D eigenvalue weighted by molar-refractivity contribution is 0.131. The van der Waals surface area contributed by atoms with Gasteiger partial charge in [-0.2, -0.15) is 0 Å². The Hall–Kier alpha value is -1.07. The standard InChI is InChI=1S/C16H29N3O2/c1-13(2)11-18-7-5-15(6-8-18)17-16(21)19-9-3-14(12-20)4-10-19/h14-15,20H,1,3-12H2,2H3,(H,17,21). The quantitative estimate of drug-likeness (QED) is 0.772. The van der Waals surface area contributed by atoms with Crippen LogP contribution in [0.3, 0.4) is 0 Å². The van der Waals surface area contributed by atoms with E-state index in [4.69, 9.17) is 5.11 Å². The van der Waals surface area contributed by atoms with Crippen molar-refractivity contribution >= 4 is 6.03 Å². The van der Waals surface area contributed by atoms with E-state index in [0.29, 0.717) is 12.0 Å². The van der Waals surface area contributed by atoms with Crippen LogP contribution in [0.2, 0.25) is 0 Å². The van der Waals surface area contributed by atoms with Gasteiger partial charge in [0.1, 0.15) is 0 Å². The number of carbonyl (C=O) groups is 1. The molecule has 0 atom stereocenters. The van der Waals surface area contributed by atoms with Crippen molar-refractivity contribution in [2.75, 3.05) is 39.3 Å². The first kappa shape index (κ1) is 16.3. The van der Waals surface area contributed by atoms with Crippen LogP contribution in [0.1, 0.15) is 32.6 Å². The summed E-state index contributed by atoms with van der Waals surface area (Å²) in [4.78, 5) is 16.5. The first-order valence-electron chi connectivity index (χ1n) is 8.11. The number of rotatable bonds is 4. The summed E-state index contributed by atoms with van der Waals surface area (Å²) < 4.78 is 0. The summed E-state index contributed by atoms with van der Waals surface area (Å²) in [5, 5.41) is 12.3. The topological polar surface area (TPSA) is 55.8 Å². The predicted octanol–water partition coefficient (Wildman–Crippen LogP) is 1.44. The van der Waals surface area contributed by atoms with Crippen LogP contribution >= 0.6 is 0 Å². The normalized spacial score (nSPS) is 22.3. The van der Waals surface area contributed by atoms with Gasteiger partial charge in [-0.3, -0.25) is 4.90 Å². The van der Waals surface area contributed by atoms with Crippen LogP contribution in [0.4, 0.5) is 4.79 Å². The van der Waals surface area contributed by atoms with Crippen molar-refractivity contribution in [3.05, 3.63) is 12.2 Å². The molecular formula is C16H29N3O2. The SMILES string of the molecule is C=C(C)CN1CCC(NC(=O)N2CCC(CO)CC2)CC1. The molecule has 2 aliphatic heterocycles. The summed E-state index contributed by atoms with van der Waals surface area (Å²) in [5.74, 6) is 0.374. The number of hydrogen-bond donors (Lipinski definition) is 2. The Morgan fingerprint density at radius 1 is 1.19 bits per heavy atom. The molecule has 0 saturated carbocycles. The van der Waals surface area contributed by atoms with Crippen LogP contribution in [0, 0.1) is 5.92 Å². The van der Waals surface area contributed by atoms with Crippen molar-refractivity contribution in [2.24, 2.45) is 5.92 Å². The maximum absolute atomic E-state index is 12.2. The third-order valence-electron chi connectivity index (χ3n) is 4.57. The van der Waals surface area contributed by atoms with Crippen molar-refractivity contribution in [1.29, 1.82) is 0 Å². The maximum atomic E-state index is 12.2. The minimum Gasteiger partial charge on any atom is -0.396 e. The highest BCUT2D eigenvalue weighted by atomic mass is 16.3. The fourth-order valence-electron chi connectivity index (χ4n) is 3.20. The molecule has 0 radical (unpaired) electrons. The van der Waals surface area contributed by atoms with E-state index in [1.165, 1.54) is 5.57 Å². The van der Waals surface area contributed by atoms with E-state index in [9.17, 15) is 4.79 Å². The molecule has 2 fully saturated rings. The molecule has 0 spiro atoms. The second kappa shape index (κ2) is 7.80. The maximum Gasteiger partial charge on any atom is 0.317 e. The molecule has 5 nitrogen and oxygen atoms in total.